The van der Waals surface area contributed by atoms with E-state index in [1.165, 1.54) is 6.07 Å². The number of carbonyl (C=O) groups is 1. The van der Waals surface area contributed by atoms with Gasteiger partial charge < -0.3 is 14.4 Å². The molecule has 1 aromatic carbocycles. The van der Waals surface area contributed by atoms with Crippen molar-refractivity contribution in [2.24, 2.45) is 0 Å². The van der Waals surface area contributed by atoms with Gasteiger partial charge in [-0.3, -0.25) is 0 Å². The zero-order valence-electron chi connectivity index (χ0n) is 18.0. The van der Waals surface area contributed by atoms with Crippen LogP contribution in [0.3, 0.4) is 0 Å². The molecule has 0 bridgehead atoms. The van der Waals surface area contributed by atoms with E-state index in [9.17, 15) is 13.2 Å². The molecule has 0 aromatic heterocycles. The summed E-state index contributed by atoms with van der Waals surface area (Å²) in [5.41, 5.74) is 0.717. The highest BCUT2D eigenvalue weighted by atomic mass is 32.2. The lowest BCUT2D eigenvalue weighted by Gasteiger charge is -2.32. The van der Waals surface area contributed by atoms with E-state index in [1.807, 2.05) is 6.92 Å². The minimum atomic E-state index is -3.87. The number of sulfonamides is 1. The normalized spacial score (nSPS) is 18.3. The van der Waals surface area contributed by atoms with Gasteiger partial charge in [0, 0.05) is 32.2 Å². The molecular formula is C21H33N3O5S. The van der Waals surface area contributed by atoms with Crippen LogP contribution in [-0.2, 0) is 14.8 Å². The second-order valence-corrected chi connectivity index (χ2v) is 9.29. The minimum Gasteiger partial charge on any atom is -0.493 e. The van der Waals surface area contributed by atoms with Crippen LogP contribution in [0, 0.1) is 0 Å². The van der Waals surface area contributed by atoms with Crippen molar-refractivity contribution in [2.45, 2.75) is 57.3 Å². The maximum atomic E-state index is 13.4. The summed E-state index contributed by atoms with van der Waals surface area (Å²) < 4.78 is 37.6. The Morgan fingerprint density at radius 2 is 1.60 bits per heavy atom. The third-order valence-corrected chi connectivity index (χ3v) is 6.85. The monoisotopic (exact) mass is 439 g/mol. The average Bonchev–Trinajstić information content (AvgIpc) is 2.75. The summed E-state index contributed by atoms with van der Waals surface area (Å²) in [5.74, 6) is -0.228. The molecule has 0 spiro atoms. The highest BCUT2D eigenvalue weighted by Gasteiger charge is 2.29. The van der Waals surface area contributed by atoms with Crippen LogP contribution in [0.2, 0.25) is 0 Å². The Morgan fingerprint density at radius 3 is 2.20 bits per heavy atom. The fraction of sp³-hybridized carbons (Fsp3) is 0.667. The highest BCUT2D eigenvalue weighted by molar-refractivity contribution is 7.89. The molecule has 9 heteroatoms. The molecule has 2 saturated heterocycles. The average molecular weight is 440 g/mol. The smallest absolute Gasteiger partial charge is 0.341 e. The Morgan fingerprint density at radius 1 is 0.967 bits per heavy atom. The number of hydrogen-bond acceptors (Lipinski definition) is 7. The number of benzene rings is 1. The van der Waals surface area contributed by atoms with E-state index in [0.717, 1.165) is 51.6 Å². The van der Waals surface area contributed by atoms with Gasteiger partial charge in [0.05, 0.1) is 18.9 Å². The molecule has 1 aromatic rings. The maximum Gasteiger partial charge on any atom is 0.341 e. The van der Waals surface area contributed by atoms with Crippen LogP contribution in [0.5, 0.6) is 5.75 Å². The SMILES string of the molecule is CCOC(=O)c1cc(S(=O)(=O)NN2CCCCC2)c(N2CCCCC2)cc1OCC. The molecular weight excluding hydrogens is 406 g/mol. The molecule has 2 aliphatic rings. The lowest BCUT2D eigenvalue weighted by Crippen LogP contribution is -2.45. The van der Waals surface area contributed by atoms with Crippen molar-refractivity contribution in [2.75, 3.05) is 44.3 Å². The molecule has 2 heterocycles. The minimum absolute atomic E-state index is 0.0986. The zero-order chi connectivity index (χ0) is 21.6. The quantitative estimate of drug-likeness (QED) is 0.623. The van der Waals surface area contributed by atoms with E-state index in [-0.39, 0.29) is 17.1 Å². The van der Waals surface area contributed by atoms with Gasteiger partial charge in [0.15, 0.2) is 0 Å². The topological polar surface area (TPSA) is 88.2 Å². The Kier molecular flexibility index (Phi) is 7.96. The summed E-state index contributed by atoms with van der Waals surface area (Å²) >= 11 is 0. The molecule has 0 aliphatic carbocycles. The Balaban J connectivity index is 2.06. The van der Waals surface area contributed by atoms with E-state index in [1.54, 1.807) is 18.0 Å². The predicted octanol–water partition coefficient (Wildman–Crippen LogP) is 2.93. The Hall–Kier alpha value is -1.84. The van der Waals surface area contributed by atoms with E-state index in [2.05, 4.69) is 9.73 Å². The Bertz CT molecular complexity index is 831. The molecule has 168 valence electrons. The second kappa shape index (κ2) is 10.5. The van der Waals surface area contributed by atoms with E-state index >= 15 is 0 Å². The molecule has 0 saturated carbocycles. The molecule has 1 N–H and O–H groups in total. The fourth-order valence-electron chi connectivity index (χ4n) is 3.99. The third kappa shape index (κ3) is 5.44. The van der Waals surface area contributed by atoms with Crippen LogP contribution in [-0.4, -0.2) is 58.8 Å². The van der Waals surface area contributed by atoms with Crippen molar-refractivity contribution < 1.29 is 22.7 Å². The zero-order valence-corrected chi connectivity index (χ0v) is 18.8. The number of esters is 1. The summed E-state index contributed by atoms with van der Waals surface area (Å²) in [5, 5.41) is 1.75. The van der Waals surface area contributed by atoms with Gasteiger partial charge in [0.2, 0.25) is 0 Å². The Labute approximate surface area is 179 Å². The molecule has 3 rings (SSSR count). The first-order valence-electron chi connectivity index (χ1n) is 11.0. The lowest BCUT2D eigenvalue weighted by atomic mass is 10.1. The molecule has 8 nitrogen and oxygen atoms in total. The summed E-state index contributed by atoms with van der Waals surface area (Å²) in [4.78, 5) is 17.5. The van der Waals surface area contributed by atoms with Crippen molar-refractivity contribution in [3.05, 3.63) is 17.7 Å². The number of anilines is 1. The van der Waals surface area contributed by atoms with Crippen LogP contribution >= 0.6 is 0 Å². The first-order chi connectivity index (χ1) is 14.5. The number of hydrogen-bond donors (Lipinski definition) is 1. The van der Waals surface area contributed by atoms with Crippen molar-refractivity contribution in [3.63, 3.8) is 0 Å². The van der Waals surface area contributed by atoms with Crippen LogP contribution in [0.1, 0.15) is 62.7 Å². The molecule has 0 amide bonds. The number of rotatable bonds is 8. The van der Waals surface area contributed by atoms with Gasteiger partial charge in [0.1, 0.15) is 16.2 Å². The lowest BCUT2D eigenvalue weighted by molar-refractivity contribution is 0.0521. The van der Waals surface area contributed by atoms with Crippen LogP contribution < -0.4 is 14.5 Å². The molecule has 0 radical (unpaired) electrons. The van der Waals surface area contributed by atoms with Crippen molar-refractivity contribution >= 4 is 21.7 Å². The second-order valence-electron chi connectivity index (χ2n) is 7.66. The third-order valence-electron chi connectivity index (χ3n) is 5.45. The van der Waals surface area contributed by atoms with Gasteiger partial charge in [-0.1, -0.05) is 6.42 Å². The first kappa shape index (κ1) is 22.8. The largest absolute Gasteiger partial charge is 0.493 e. The fourth-order valence-corrected chi connectivity index (χ4v) is 5.35. The van der Waals surface area contributed by atoms with Gasteiger partial charge in [-0.15, -0.1) is 4.83 Å². The number of carbonyl (C=O) groups excluding carboxylic acids is 1. The van der Waals surface area contributed by atoms with Gasteiger partial charge >= 0.3 is 5.97 Å². The first-order valence-corrected chi connectivity index (χ1v) is 12.4. The summed E-state index contributed by atoms with van der Waals surface area (Å²) in [6.07, 6.45) is 6.15. The van der Waals surface area contributed by atoms with Gasteiger partial charge in [-0.25, -0.2) is 18.2 Å². The summed E-state index contributed by atoms with van der Waals surface area (Å²) in [7, 11) is -3.87. The number of piperidine rings is 2. The highest BCUT2D eigenvalue weighted by Crippen LogP contribution is 2.35. The molecule has 0 unspecified atom stereocenters. The number of ether oxygens (including phenoxy) is 2. The van der Waals surface area contributed by atoms with Gasteiger partial charge in [-0.2, -0.15) is 0 Å². The summed E-state index contributed by atoms with van der Waals surface area (Å²) in [6.45, 7) is 7.03. The standard InChI is InChI=1S/C21H33N3O5S/c1-3-28-19-16-18(23-11-7-5-8-12-23)20(15-17(19)21(25)29-4-2)30(26,27)22-24-13-9-6-10-14-24/h15-16,22H,3-14H2,1-2H3. The summed E-state index contributed by atoms with van der Waals surface area (Å²) in [6, 6.07) is 3.10. The maximum absolute atomic E-state index is 13.4. The van der Waals surface area contributed by atoms with Crippen LogP contribution in [0.4, 0.5) is 5.69 Å². The van der Waals surface area contributed by atoms with Gasteiger partial charge in [0.25, 0.3) is 10.0 Å². The molecule has 2 fully saturated rings. The van der Waals surface area contributed by atoms with Gasteiger partial charge in [-0.05, 0) is 52.0 Å². The van der Waals surface area contributed by atoms with Crippen LogP contribution in [0.15, 0.2) is 17.0 Å². The van der Waals surface area contributed by atoms with E-state index in [0.29, 0.717) is 31.1 Å². The van der Waals surface area contributed by atoms with Crippen molar-refractivity contribution in [1.82, 2.24) is 9.84 Å². The van der Waals surface area contributed by atoms with Crippen LogP contribution in [0.25, 0.3) is 0 Å². The van der Waals surface area contributed by atoms with Crippen molar-refractivity contribution in [3.8, 4) is 5.75 Å². The number of nitrogens with one attached hydrogen (secondary N) is 1. The molecule has 30 heavy (non-hydrogen) atoms. The molecule has 2 aliphatic heterocycles. The van der Waals surface area contributed by atoms with Crippen molar-refractivity contribution in [1.29, 1.82) is 0 Å². The number of hydrazine groups is 1. The number of nitrogens with zero attached hydrogens (tertiary/aromatic N) is 2. The molecule has 0 atom stereocenters. The van der Waals surface area contributed by atoms with E-state index in [4.69, 9.17) is 9.47 Å². The van der Waals surface area contributed by atoms with E-state index < -0.39 is 16.0 Å². The predicted molar refractivity (Wildman–Crippen MR) is 115 cm³/mol.